The van der Waals surface area contributed by atoms with Crippen molar-refractivity contribution in [3.8, 4) is 11.6 Å². The van der Waals surface area contributed by atoms with E-state index in [1.54, 1.807) is 6.07 Å². The topological polar surface area (TPSA) is 45.6 Å². The maximum atomic E-state index is 9.15. The van der Waals surface area contributed by atoms with Gasteiger partial charge in [-0.15, -0.1) is 0 Å². The molecule has 4 nitrogen and oxygen atoms in total. The van der Waals surface area contributed by atoms with Crippen molar-refractivity contribution in [1.82, 2.24) is 4.98 Å². The van der Waals surface area contributed by atoms with E-state index in [4.69, 9.17) is 21.4 Å². The zero-order chi connectivity index (χ0) is 13.8. The maximum Gasteiger partial charge on any atom is 0.219 e. The average molecular weight is 279 g/mol. The molecule has 1 N–H and O–H groups in total. The smallest absolute Gasteiger partial charge is 0.219 e. The molecule has 0 aliphatic rings. The van der Waals surface area contributed by atoms with E-state index in [-0.39, 0.29) is 6.61 Å². The second-order valence-electron chi connectivity index (χ2n) is 4.27. The molecule has 19 heavy (non-hydrogen) atoms. The zero-order valence-corrected chi connectivity index (χ0v) is 11.6. The fraction of sp³-hybridized carbons (Fsp3) is 0.214. The van der Waals surface area contributed by atoms with Crippen LogP contribution in [0.5, 0.6) is 11.6 Å². The molecule has 0 saturated heterocycles. The lowest BCUT2D eigenvalue weighted by molar-refractivity contribution is 0.281. The fourth-order valence-electron chi connectivity index (χ4n) is 1.58. The molecule has 1 heterocycles. The third-order valence-corrected chi connectivity index (χ3v) is 2.98. The molecule has 0 unspecified atom stereocenters. The van der Waals surface area contributed by atoms with Gasteiger partial charge in [0.05, 0.1) is 11.6 Å². The Balaban J connectivity index is 2.23. The summed E-state index contributed by atoms with van der Waals surface area (Å²) in [5.41, 5.74) is 1.63. The summed E-state index contributed by atoms with van der Waals surface area (Å²) in [6.07, 6.45) is 1.47. The van der Waals surface area contributed by atoms with E-state index >= 15 is 0 Å². The van der Waals surface area contributed by atoms with Crippen LogP contribution in [-0.2, 0) is 6.61 Å². The van der Waals surface area contributed by atoms with Gasteiger partial charge in [0.15, 0.2) is 0 Å². The Morgan fingerprint density at radius 3 is 2.79 bits per heavy atom. The first-order valence-electron chi connectivity index (χ1n) is 5.80. The highest BCUT2D eigenvalue weighted by Gasteiger charge is 2.05. The Labute approximate surface area is 117 Å². The van der Waals surface area contributed by atoms with E-state index in [1.807, 2.05) is 43.3 Å². The molecule has 2 rings (SSSR count). The number of benzene rings is 1. The van der Waals surface area contributed by atoms with Gasteiger partial charge < -0.3 is 14.7 Å². The van der Waals surface area contributed by atoms with Gasteiger partial charge in [-0.05, 0) is 12.1 Å². The normalized spacial score (nSPS) is 10.3. The van der Waals surface area contributed by atoms with Crippen molar-refractivity contribution in [2.45, 2.75) is 6.61 Å². The van der Waals surface area contributed by atoms with Crippen molar-refractivity contribution in [3.05, 3.63) is 47.1 Å². The summed E-state index contributed by atoms with van der Waals surface area (Å²) in [6.45, 7) is -0.143. The van der Waals surface area contributed by atoms with E-state index in [2.05, 4.69) is 4.98 Å². The van der Waals surface area contributed by atoms with Crippen LogP contribution < -0.4 is 9.64 Å². The van der Waals surface area contributed by atoms with Gasteiger partial charge in [-0.2, -0.15) is 0 Å². The van der Waals surface area contributed by atoms with Gasteiger partial charge in [-0.1, -0.05) is 17.7 Å². The second kappa shape index (κ2) is 5.91. The molecule has 0 aliphatic heterocycles. The van der Waals surface area contributed by atoms with Crippen molar-refractivity contribution in [2.24, 2.45) is 0 Å². The number of hydrogen-bond donors (Lipinski definition) is 1. The molecule has 0 radical (unpaired) electrons. The van der Waals surface area contributed by atoms with Crippen LogP contribution in [0.15, 0.2) is 36.5 Å². The molecule has 0 amide bonds. The van der Waals surface area contributed by atoms with Crippen molar-refractivity contribution >= 4 is 17.3 Å². The first-order chi connectivity index (χ1) is 9.10. The fourth-order valence-corrected chi connectivity index (χ4v) is 1.74. The first kappa shape index (κ1) is 13.6. The minimum absolute atomic E-state index is 0.143. The second-order valence-corrected chi connectivity index (χ2v) is 4.67. The summed E-state index contributed by atoms with van der Waals surface area (Å²) >= 11 is 5.88. The lowest BCUT2D eigenvalue weighted by Crippen LogP contribution is -2.08. The number of pyridine rings is 1. The molecule has 1 aromatic heterocycles. The van der Waals surface area contributed by atoms with Crippen molar-refractivity contribution < 1.29 is 9.84 Å². The number of aliphatic hydroxyl groups is 1. The van der Waals surface area contributed by atoms with E-state index in [1.165, 1.54) is 6.20 Å². The molecule has 100 valence electrons. The lowest BCUT2D eigenvalue weighted by Gasteiger charge is -2.13. The summed E-state index contributed by atoms with van der Waals surface area (Å²) in [4.78, 5) is 6.07. The number of nitrogens with zero attached hydrogens (tertiary/aromatic N) is 2. The van der Waals surface area contributed by atoms with Crippen LogP contribution in [-0.4, -0.2) is 24.2 Å². The minimum Gasteiger partial charge on any atom is -0.439 e. The molecule has 2 aromatic rings. The summed E-state index contributed by atoms with van der Waals surface area (Å²) < 4.78 is 5.66. The summed E-state index contributed by atoms with van der Waals surface area (Å²) in [5.74, 6) is 1.09. The molecule has 1 aromatic carbocycles. The van der Waals surface area contributed by atoms with Gasteiger partial charge in [0.25, 0.3) is 0 Å². The highest BCUT2D eigenvalue weighted by Crippen LogP contribution is 2.26. The molecule has 0 fully saturated rings. The van der Waals surface area contributed by atoms with Crippen molar-refractivity contribution in [1.29, 1.82) is 0 Å². The molecule has 0 aliphatic carbocycles. The van der Waals surface area contributed by atoms with Crippen LogP contribution in [0.2, 0.25) is 5.02 Å². The zero-order valence-electron chi connectivity index (χ0n) is 10.8. The quantitative estimate of drug-likeness (QED) is 0.933. The molecule has 0 bridgehead atoms. The SMILES string of the molecule is CN(C)c1cccc(Oc2cc(CO)c(Cl)cn2)c1. The lowest BCUT2D eigenvalue weighted by atomic mass is 10.2. The Bertz CT molecular complexity index is 573. The summed E-state index contributed by atoms with van der Waals surface area (Å²) in [7, 11) is 3.92. The van der Waals surface area contributed by atoms with Gasteiger partial charge in [-0.25, -0.2) is 4.98 Å². The number of anilines is 1. The van der Waals surface area contributed by atoms with Crippen LogP contribution in [0.4, 0.5) is 5.69 Å². The standard InChI is InChI=1S/C14H15ClN2O2/c1-17(2)11-4-3-5-12(7-11)19-14-6-10(9-18)13(15)8-16-14/h3-8,18H,9H2,1-2H3. The summed E-state index contributed by atoms with van der Waals surface area (Å²) in [5, 5.41) is 9.58. The maximum absolute atomic E-state index is 9.15. The van der Waals surface area contributed by atoms with Crippen molar-refractivity contribution in [2.75, 3.05) is 19.0 Å². The number of halogens is 1. The third-order valence-electron chi connectivity index (χ3n) is 2.64. The van der Waals surface area contributed by atoms with Crippen LogP contribution in [0.1, 0.15) is 5.56 Å². The Hall–Kier alpha value is -1.78. The average Bonchev–Trinajstić information content (AvgIpc) is 2.41. The first-order valence-corrected chi connectivity index (χ1v) is 6.18. The molecule has 0 atom stereocenters. The number of ether oxygens (including phenoxy) is 1. The number of aliphatic hydroxyl groups excluding tert-OH is 1. The Morgan fingerprint density at radius 1 is 1.32 bits per heavy atom. The van der Waals surface area contributed by atoms with Crippen LogP contribution in [0, 0.1) is 0 Å². The number of rotatable bonds is 4. The van der Waals surface area contributed by atoms with Crippen LogP contribution in [0.25, 0.3) is 0 Å². The van der Waals surface area contributed by atoms with Gasteiger partial charge >= 0.3 is 0 Å². The minimum atomic E-state index is -0.143. The van der Waals surface area contributed by atoms with Gasteiger partial charge in [0.1, 0.15) is 5.75 Å². The summed E-state index contributed by atoms with van der Waals surface area (Å²) in [6, 6.07) is 9.29. The number of aromatic nitrogens is 1. The monoisotopic (exact) mass is 278 g/mol. The highest BCUT2D eigenvalue weighted by molar-refractivity contribution is 6.31. The highest BCUT2D eigenvalue weighted by atomic mass is 35.5. The van der Waals surface area contributed by atoms with Crippen LogP contribution in [0.3, 0.4) is 0 Å². The van der Waals surface area contributed by atoms with E-state index in [0.717, 1.165) is 5.69 Å². The largest absolute Gasteiger partial charge is 0.439 e. The van der Waals surface area contributed by atoms with Crippen LogP contribution >= 0.6 is 11.6 Å². The van der Waals surface area contributed by atoms with Gasteiger partial charge in [-0.3, -0.25) is 0 Å². The van der Waals surface area contributed by atoms with Crippen molar-refractivity contribution in [3.63, 3.8) is 0 Å². The predicted molar refractivity (Wildman–Crippen MR) is 76.0 cm³/mol. The Kier molecular flexibility index (Phi) is 4.24. The number of hydrogen-bond acceptors (Lipinski definition) is 4. The van der Waals surface area contributed by atoms with E-state index < -0.39 is 0 Å². The Morgan fingerprint density at radius 2 is 2.11 bits per heavy atom. The molecule has 5 heteroatoms. The molecule has 0 saturated carbocycles. The van der Waals surface area contributed by atoms with E-state index in [9.17, 15) is 0 Å². The predicted octanol–water partition coefficient (Wildman–Crippen LogP) is 3.09. The molecular formula is C14H15ClN2O2. The molecular weight excluding hydrogens is 264 g/mol. The molecule has 0 spiro atoms. The van der Waals surface area contributed by atoms with Gasteiger partial charge in [0.2, 0.25) is 5.88 Å². The third kappa shape index (κ3) is 3.36. The van der Waals surface area contributed by atoms with Gasteiger partial charge in [0, 0.05) is 43.7 Å². The van der Waals surface area contributed by atoms with E-state index in [0.29, 0.717) is 22.2 Å².